The van der Waals surface area contributed by atoms with Gasteiger partial charge in [0.25, 0.3) is 0 Å². The van der Waals surface area contributed by atoms with Gasteiger partial charge in [-0.25, -0.2) is 0 Å². The summed E-state index contributed by atoms with van der Waals surface area (Å²) in [6.45, 7) is 2.90. The summed E-state index contributed by atoms with van der Waals surface area (Å²) in [6.07, 6.45) is 3.91. The Hall–Kier alpha value is -3.15. The van der Waals surface area contributed by atoms with Crippen LogP contribution in [0.25, 0.3) is 0 Å². The van der Waals surface area contributed by atoms with Crippen molar-refractivity contribution in [2.24, 2.45) is 0 Å². The molecule has 0 aliphatic carbocycles. The van der Waals surface area contributed by atoms with E-state index in [0.717, 1.165) is 43.5 Å². The number of likely N-dealkylation sites (N-methyl/N-ethyl adjacent to an activating group) is 1. The summed E-state index contributed by atoms with van der Waals surface area (Å²) in [7, 11) is 1.63. The number of likely N-dealkylation sites (tertiary alicyclic amines) is 1. The lowest BCUT2D eigenvalue weighted by Crippen LogP contribution is -2.56. The molecule has 1 aliphatic heterocycles. The van der Waals surface area contributed by atoms with E-state index in [0.29, 0.717) is 12.8 Å². The minimum Gasteiger partial charge on any atom is -0.342 e. The molecule has 1 heterocycles. The number of nitrogens with zero attached hydrogens (tertiary/aromatic N) is 2. The number of nitrogens with one attached hydrogen (secondary N) is 1. The third-order valence-electron chi connectivity index (χ3n) is 6.10. The predicted octanol–water partition coefficient (Wildman–Crippen LogP) is 2.82. The van der Waals surface area contributed by atoms with E-state index >= 15 is 0 Å². The van der Waals surface area contributed by atoms with Crippen molar-refractivity contribution < 1.29 is 14.4 Å². The van der Waals surface area contributed by atoms with Crippen molar-refractivity contribution in [3.8, 4) is 0 Å². The number of piperidine rings is 1. The lowest BCUT2D eigenvalue weighted by molar-refractivity contribution is -0.141. The summed E-state index contributed by atoms with van der Waals surface area (Å²) >= 11 is 0. The molecule has 3 rings (SSSR count). The van der Waals surface area contributed by atoms with Gasteiger partial charge < -0.3 is 15.1 Å². The Labute approximate surface area is 190 Å². The topological polar surface area (TPSA) is 69.7 Å². The molecule has 2 aromatic carbocycles. The molecular formula is C26H33N3O3. The second kappa shape index (κ2) is 11.5. The summed E-state index contributed by atoms with van der Waals surface area (Å²) in [5.74, 6) is -0.549. The average Bonchev–Trinajstić information content (AvgIpc) is 2.83. The molecule has 0 bridgehead atoms. The van der Waals surface area contributed by atoms with Crippen LogP contribution in [0.3, 0.4) is 0 Å². The molecule has 1 saturated heterocycles. The molecule has 1 unspecified atom stereocenters. The molecule has 32 heavy (non-hydrogen) atoms. The zero-order valence-corrected chi connectivity index (χ0v) is 19.0. The van der Waals surface area contributed by atoms with Crippen LogP contribution in [0.5, 0.6) is 0 Å². The van der Waals surface area contributed by atoms with Crippen molar-refractivity contribution in [2.75, 3.05) is 20.1 Å². The third kappa shape index (κ3) is 6.42. The smallest absolute Gasteiger partial charge is 0.245 e. The second-order valence-corrected chi connectivity index (χ2v) is 8.47. The fraction of sp³-hybridized carbons (Fsp3) is 0.423. The van der Waals surface area contributed by atoms with Gasteiger partial charge in [-0.2, -0.15) is 0 Å². The van der Waals surface area contributed by atoms with Gasteiger partial charge in [0, 0.05) is 39.9 Å². The fourth-order valence-electron chi connectivity index (χ4n) is 4.11. The summed E-state index contributed by atoms with van der Waals surface area (Å²) < 4.78 is 0. The lowest BCUT2D eigenvalue weighted by atomic mass is 10.0. The van der Waals surface area contributed by atoms with Gasteiger partial charge in [0.2, 0.25) is 17.7 Å². The molecule has 0 aromatic heterocycles. The molecule has 2 atom stereocenters. The van der Waals surface area contributed by atoms with E-state index in [9.17, 15) is 14.4 Å². The maximum Gasteiger partial charge on any atom is 0.245 e. The Bertz CT molecular complexity index is 895. The Morgan fingerprint density at radius 3 is 1.94 bits per heavy atom. The zero-order valence-electron chi connectivity index (χ0n) is 19.0. The largest absolute Gasteiger partial charge is 0.342 e. The maximum absolute atomic E-state index is 13.4. The van der Waals surface area contributed by atoms with Gasteiger partial charge >= 0.3 is 0 Å². The van der Waals surface area contributed by atoms with Crippen LogP contribution in [0.1, 0.15) is 37.3 Å². The molecule has 1 aliphatic rings. The van der Waals surface area contributed by atoms with E-state index in [1.54, 1.807) is 7.05 Å². The van der Waals surface area contributed by atoms with E-state index in [4.69, 9.17) is 0 Å². The zero-order chi connectivity index (χ0) is 22.9. The van der Waals surface area contributed by atoms with Crippen LogP contribution >= 0.6 is 0 Å². The highest BCUT2D eigenvalue weighted by Gasteiger charge is 2.32. The molecule has 1 fully saturated rings. The van der Waals surface area contributed by atoms with Gasteiger partial charge in [-0.3, -0.25) is 14.4 Å². The second-order valence-electron chi connectivity index (χ2n) is 8.47. The quantitative estimate of drug-likeness (QED) is 0.693. The number of hydrogen-bond acceptors (Lipinski definition) is 3. The van der Waals surface area contributed by atoms with E-state index < -0.39 is 12.1 Å². The first-order valence-corrected chi connectivity index (χ1v) is 11.4. The van der Waals surface area contributed by atoms with Crippen molar-refractivity contribution in [3.63, 3.8) is 0 Å². The molecule has 1 N–H and O–H groups in total. The van der Waals surface area contributed by atoms with Gasteiger partial charge in [0.1, 0.15) is 12.1 Å². The number of rotatable bonds is 8. The minimum absolute atomic E-state index is 0.0501. The standard InChI is InChI=1S/C26H33N3O3/c1-20(30)28(2)24(19-22-14-8-4-9-15-22)25(31)27-23(18-21-12-6-3-7-13-21)26(32)29-16-10-5-11-17-29/h3-4,6-9,12-15,23-24H,5,10-11,16-19H2,1-2H3,(H,27,31)/t23?,24-/m0/s1. The SMILES string of the molecule is CC(=O)N(C)[C@@H](Cc1ccccc1)C(=O)NC(Cc1ccccc1)C(=O)N1CCCCC1. The monoisotopic (exact) mass is 435 g/mol. The van der Waals surface area contributed by atoms with Crippen LogP contribution in [0.15, 0.2) is 60.7 Å². The first-order valence-electron chi connectivity index (χ1n) is 11.4. The molecule has 0 radical (unpaired) electrons. The van der Waals surface area contributed by atoms with Gasteiger partial charge in [-0.15, -0.1) is 0 Å². The summed E-state index contributed by atoms with van der Waals surface area (Å²) in [5.41, 5.74) is 1.95. The number of carbonyl (C=O) groups excluding carboxylic acids is 3. The van der Waals surface area contributed by atoms with Crippen molar-refractivity contribution in [2.45, 2.75) is 51.1 Å². The Balaban J connectivity index is 1.81. The first kappa shape index (κ1) is 23.5. The van der Waals surface area contributed by atoms with E-state index in [1.165, 1.54) is 11.8 Å². The molecule has 6 nitrogen and oxygen atoms in total. The summed E-state index contributed by atoms with van der Waals surface area (Å²) in [5, 5.41) is 2.99. The van der Waals surface area contributed by atoms with Gasteiger partial charge in [0.15, 0.2) is 0 Å². The van der Waals surface area contributed by atoms with Crippen molar-refractivity contribution in [1.29, 1.82) is 0 Å². The highest BCUT2D eigenvalue weighted by atomic mass is 16.2. The Kier molecular flexibility index (Phi) is 8.42. The summed E-state index contributed by atoms with van der Waals surface area (Å²) in [6, 6.07) is 18.0. The number of hydrogen-bond donors (Lipinski definition) is 1. The minimum atomic E-state index is -0.692. The number of amides is 3. The first-order chi connectivity index (χ1) is 15.5. The van der Waals surface area contributed by atoms with Crippen LogP contribution in [-0.4, -0.2) is 59.7 Å². The van der Waals surface area contributed by atoms with Crippen LogP contribution in [0.4, 0.5) is 0 Å². The van der Waals surface area contributed by atoms with Crippen molar-refractivity contribution in [1.82, 2.24) is 15.1 Å². The lowest BCUT2D eigenvalue weighted by Gasteiger charge is -2.33. The molecule has 0 spiro atoms. The Morgan fingerprint density at radius 1 is 0.875 bits per heavy atom. The van der Waals surface area contributed by atoms with Gasteiger partial charge in [0.05, 0.1) is 0 Å². The molecule has 170 valence electrons. The fourth-order valence-corrected chi connectivity index (χ4v) is 4.11. The average molecular weight is 436 g/mol. The highest BCUT2D eigenvalue weighted by Crippen LogP contribution is 2.14. The van der Waals surface area contributed by atoms with Crippen molar-refractivity contribution >= 4 is 17.7 Å². The van der Waals surface area contributed by atoms with E-state index in [2.05, 4.69) is 5.32 Å². The Morgan fingerprint density at radius 2 is 1.41 bits per heavy atom. The van der Waals surface area contributed by atoms with Gasteiger partial charge in [-0.1, -0.05) is 60.7 Å². The number of carbonyl (C=O) groups is 3. The van der Waals surface area contributed by atoms with Crippen LogP contribution < -0.4 is 5.32 Å². The molecule has 6 heteroatoms. The predicted molar refractivity (Wildman–Crippen MR) is 125 cm³/mol. The molecular weight excluding hydrogens is 402 g/mol. The normalized spacial score (nSPS) is 15.5. The number of benzene rings is 2. The summed E-state index contributed by atoms with van der Waals surface area (Å²) in [4.78, 5) is 42.2. The molecule has 2 aromatic rings. The maximum atomic E-state index is 13.4. The highest BCUT2D eigenvalue weighted by molar-refractivity contribution is 5.92. The van der Waals surface area contributed by atoms with Gasteiger partial charge in [-0.05, 0) is 30.4 Å². The van der Waals surface area contributed by atoms with Crippen LogP contribution in [0.2, 0.25) is 0 Å². The molecule has 3 amide bonds. The van der Waals surface area contributed by atoms with Crippen LogP contribution in [0, 0.1) is 0 Å². The molecule has 0 saturated carbocycles. The van der Waals surface area contributed by atoms with Crippen LogP contribution in [-0.2, 0) is 27.2 Å². The third-order valence-corrected chi connectivity index (χ3v) is 6.10. The van der Waals surface area contributed by atoms with E-state index in [1.807, 2.05) is 65.6 Å². The van der Waals surface area contributed by atoms with Crippen molar-refractivity contribution in [3.05, 3.63) is 71.8 Å². The van der Waals surface area contributed by atoms with E-state index in [-0.39, 0.29) is 17.7 Å².